The Bertz CT molecular complexity index is 991. The molecular formula is C23H28Cl2N2O3S. The van der Waals surface area contributed by atoms with Crippen LogP contribution in [0.5, 0.6) is 0 Å². The van der Waals surface area contributed by atoms with Crippen molar-refractivity contribution in [2.45, 2.75) is 44.4 Å². The lowest BCUT2D eigenvalue weighted by atomic mass is 9.96. The van der Waals surface area contributed by atoms with Gasteiger partial charge in [0.2, 0.25) is 15.9 Å². The first-order valence-electron chi connectivity index (χ1n) is 10.5. The number of nitrogens with one attached hydrogen (secondary N) is 1. The molecule has 1 fully saturated rings. The molecule has 1 saturated heterocycles. The molecule has 1 amide bonds. The van der Waals surface area contributed by atoms with Gasteiger partial charge >= 0.3 is 0 Å². The van der Waals surface area contributed by atoms with Crippen molar-refractivity contribution in [3.8, 4) is 0 Å². The van der Waals surface area contributed by atoms with E-state index in [9.17, 15) is 13.2 Å². The van der Waals surface area contributed by atoms with Crippen molar-refractivity contribution in [3.05, 3.63) is 69.7 Å². The van der Waals surface area contributed by atoms with Crippen LogP contribution in [0.3, 0.4) is 0 Å². The Hall–Kier alpha value is -1.60. The van der Waals surface area contributed by atoms with Gasteiger partial charge in [0, 0.05) is 35.1 Å². The van der Waals surface area contributed by atoms with E-state index in [0.29, 0.717) is 41.5 Å². The molecule has 0 radical (unpaired) electrons. The number of carbonyl (C=O) groups is 1. The predicted octanol–water partition coefficient (Wildman–Crippen LogP) is 4.67. The summed E-state index contributed by atoms with van der Waals surface area (Å²) in [5, 5.41) is 3.90. The molecule has 2 aromatic carbocycles. The number of sulfonamides is 1. The van der Waals surface area contributed by atoms with Gasteiger partial charge in [0.25, 0.3) is 0 Å². The molecular weight excluding hydrogens is 455 g/mol. The van der Waals surface area contributed by atoms with Crippen LogP contribution in [0.25, 0.3) is 0 Å². The van der Waals surface area contributed by atoms with Crippen molar-refractivity contribution in [2.24, 2.45) is 5.92 Å². The van der Waals surface area contributed by atoms with Crippen molar-refractivity contribution in [2.75, 3.05) is 13.1 Å². The second kappa shape index (κ2) is 10.8. The first-order chi connectivity index (χ1) is 14.7. The molecule has 2 aromatic rings. The lowest BCUT2D eigenvalue weighted by Gasteiger charge is -2.31. The number of halogens is 2. The second-order valence-electron chi connectivity index (χ2n) is 8.10. The Morgan fingerprint density at radius 3 is 2.45 bits per heavy atom. The van der Waals surface area contributed by atoms with E-state index in [0.717, 1.165) is 12.8 Å². The molecule has 0 aliphatic carbocycles. The lowest BCUT2D eigenvalue weighted by molar-refractivity contribution is -0.126. The lowest BCUT2D eigenvalue weighted by Crippen LogP contribution is -2.45. The summed E-state index contributed by atoms with van der Waals surface area (Å²) in [5.74, 6) is -0.320. The average Bonchev–Trinajstić information content (AvgIpc) is 2.75. The van der Waals surface area contributed by atoms with E-state index in [-0.39, 0.29) is 23.6 Å². The van der Waals surface area contributed by atoms with Gasteiger partial charge in [0.05, 0.1) is 5.75 Å². The largest absolute Gasteiger partial charge is 0.353 e. The number of aryl methyl sites for hydroxylation is 1. The van der Waals surface area contributed by atoms with Gasteiger partial charge in [-0.25, -0.2) is 12.7 Å². The molecule has 8 heteroatoms. The second-order valence-corrected chi connectivity index (χ2v) is 10.9. The van der Waals surface area contributed by atoms with Gasteiger partial charge in [-0.3, -0.25) is 4.79 Å². The molecule has 0 bridgehead atoms. The normalized spacial score (nSPS) is 16.7. The molecule has 1 N–H and O–H groups in total. The highest BCUT2D eigenvalue weighted by molar-refractivity contribution is 7.88. The average molecular weight is 483 g/mol. The van der Waals surface area contributed by atoms with Crippen LogP contribution >= 0.6 is 23.2 Å². The maximum absolute atomic E-state index is 12.8. The van der Waals surface area contributed by atoms with Crippen molar-refractivity contribution in [1.29, 1.82) is 0 Å². The smallest absolute Gasteiger partial charge is 0.223 e. The molecule has 0 spiro atoms. The van der Waals surface area contributed by atoms with Crippen LogP contribution in [0.2, 0.25) is 10.0 Å². The Labute approximate surface area is 194 Å². The summed E-state index contributed by atoms with van der Waals surface area (Å²) in [6.45, 7) is 2.68. The van der Waals surface area contributed by atoms with Gasteiger partial charge in [0.15, 0.2) is 0 Å². The standard InChI is InChI=1S/C23H28Cl2N2O3S/c1-17(7-8-18-5-3-2-4-6-18)26-23(28)19-11-13-27(14-12-19)31(29,30)16-20-9-10-21(24)15-22(20)25/h2-6,9-10,15,17,19H,7-8,11-14,16H2,1H3,(H,26,28). The maximum atomic E-state index is 12.8. The molecule has 1 unspecified atom stereocenters. The monoisotopic (exact) mass is 482 g/mol. The van der Waals surface area contributed by atoms with Crippen molar-refractivity contribution in [1.82, 2.24) is 9.62 Å². The molecule has 3 rings (SSSR count). The van der Waals surface area contributed by atoms with Gasteiger partial charge in [-0.1, -0.05) is 59.6 Å². The topological polar surface area (TPSA) is 66.5 Å². The fraction of sp³-hybridized carbons (Fsp3) is 0.435. The summed E-state index contributed by atoms with van der Waals surface area (Å²) in [6.07, 6.45) is 2.81. The van der Waals surface area contributed by atoms with Gasteiger partial charge in [0.1, 0.15) is 0 Å². The summed E-state index contributed by atoms with van der Waals surface area (Å²) < 4.78 is 27.1. The molecule has 0 saturated carbocycles. The van der Waals surface area contributed by atoms with E-state index in [1.165, 1.54) is 9.87 Å². The number of nitrogens with zero attached hydrogens (tertiary/aromatic N) is 1. The first kappa shape index (κ1) is 24.1. The summed E-state index contributed by atoms with van der Waals surface area (Å²) in [5.41, 5.74) is 1.78. The Balaban J connectivity index is 1.47. The Morgan fingerprint density at radius 1 is 1.13 bits per heavy atom. The summed E-state index contributed by atoms with van der Waals surface area (Å²) in [6, 6.07) is 15.1. The molecule has 1 aliphatic rings. The highest BCUT2D eigenvalue weighted by atomic mass is 35.5. The van der Waals surface area contributed by atoms with Gasteiger partial charge in [-0.15, -0.1) is 0 Å². The zero-order valence-electron chi connectivity index (χ0n) is 17.6. The summed E-state index contributed by atoms with van der Waals surface area (Å²) >= 11 is 12.0. The van der Waals surface area contributed by atoms with Crippen molar-refractivity contribution in [3.63, 3.8) is 0 Å². The molecule has 1 aliphatic heterocycles. The maximum Gasteiger partial charge on any atom is 0.223 e. The van der Waals surface area contributed by atoms with Crippen LogP contribution < -0.4 is 5.32 Å². The van der Waals surface area contributed by atoms with Gasteiger partial charge in [-0.2, -0.15) is 0 Å². The SMILES string of the molecule is CC(CCc1ccccc1)NC(=O)C1CCN(S(=O)(=O)Cc2ccc(Cl)cc2Cl)CC1. The van der Waals surface area contributed by atoms with Crippen molar-refractivity contribution >= 4 is 39.1 Å². The number of piperidine rings is 1. The molecule has 1 atom stereocenters. The fourth-order valence-corrected chi connectivity index (χ4v) is 5.93. The van der Waals surface area contributed by atoms with Gasteiger partial charge < -0.3 is 5.32 Å². The van der Waals surface area contributed by atoms with Crippen LogP contribution in [0.15, 0.2) is 48.5 Å². The highest BCUT2D eigenvalue weighted by Crippen LogP contribution is 2.26. The van der Waals surface area contributed by atoms with Crippen LogP contribution in [-0.4, -0.2) is 37.8 Å². The third kappa shape index (κ3) is 6.94. The van der Waals surface area contributed by atoms with E-state index in [1.54, 1.807) is 18.2 Å². The van der Waals surface area contributed by atoms with Gasteiger partial charge in [-0.05, 0) is 55.9 Å². The molecule has 0 aromatic heterocycles. The van der Waals surface area contributed by atoms with Crippen molar-refractivity contribution < 1.29 is 13.2 Å². The number of hydrogen-bond acceptors (Lipinski definition) is 3. The highest BCUT2D eigenvalue weighted by Gasteiger charge is 2.31. The summed E-state index contributed by atoms with van der Waals surface area (Å²) in [4.78, 5) is 12.6. The predicted molar refractivity (Wildman–Crippen MR) is 126 cm³/mol. The molecule has 1 heterocycles. The minimum Gasteiger partial charge on any atom is -0.353 e. The van der Waals surface area contributed by atoms with E-state index >= 15 is 0 Å². The van der Waals surface area contributed by atoms with Crippen LogP contribution in [0, 0.1) is 5.92 Å². The number of carbonyl (C=O) groups excluding carboxylic acids is 1. The van der Waals surface area contributed by atoms with Crippen LogP contribution in [0.1, 0.15) is 37.3 Å². The van der Waals surface area contributed by atoms with E-state index in [2.05, 4.69) is 17.4 Å². The minimum absolute atomic E-state index is 0.0124. The first-order valence-corrected chi connectivity index (χ1v) is 12.9. The minimum atomic E-state index is -3.51. The Kier molecular flexibility index (Phi) is 8.39. The molecule has 31 heavy (non-hydrogen) atoms. The zero-order valence-corrected chi connectivity index (χ0v) is 19.9. The number of rotatable bonds is 8. The molecule has 5 nitrogen and oxygen atoms in total. The van der Waals surface area contributed by atoms with E-state index < -0.39 is 10.0 Å². The quantitative estimate of drug-likeness (QED) is 0.594. The van der Waals surface area contributed by atoms with Crippen LogP contribution in [0.4, 0.5) is 0 Å². The van der Waals surface area contributed by atoms with E-state index in [1.807, 2.05) is 25.1 Å². The zero-order chi connectivity index (χ0) is 22.4. The fourth-order valence-electron chi connectivity index (χ4n) is 3.78. The third-order valence-electron chi connectivity index (χ3n) is 5.67. The Morgan fingerprint density at radius 2 is 1.81 bits per heavy atom. The number of benzene rings is 2. The van der Waals surface area contributed by atoms with Crippen LogP contribution in [-0.2, 0) is 27.0 Å². The number of hydrogen-bond donors (Lipinski definition) is 1. The third-order valence-corrected chi connectivity index (χ3v) is 8.08. The van der Waals surface area contributed by atoms with E-state index in [4.69, 9.17) is 23.2 Å². The summed E-state index contributed by atoms with van der Waals surface area (Å²) in [7, 11) is -3.51. The molecule has 168 valence electrons. The number of amides is 1.